The molecule has 0 radical (unpaired) electrons. The Morgan fingerprint density at radius 3 is 2.46 bits per heavy atom. The van der Waals surface area contributed by atoms with Crippen LogP contribution in [0.2, 0.25) is 5.02 Å². The maximum atomic E-state index is 12.0. The number of carbonyl (C=O) groups is 2. The number of halogens is 1. The SMILES string of the molecule is COc1cccc(C(CNC(=O)C(=O)NCc2ccccc2Cl)OC)c1. The highest BCUT2D eigenvalue weighted by Gasteiger charge is 2.17. The molecule has 2 rings (SSSR count). The van der Waals surface area contributed by atoms with Crippen LogP contribution in [0, 0.1) is 0 Å². The topological polar surface area (TPSA) is 76.7 Å². The van der Waals surface area contributed by atoms with Gasteiger partial charge in [0.05, 0.1) is 13.2 Å². The summed E-state index contributed by atoms with van der Waals surface area (Å²) in [7, 11) is 3.11. The molecule has 0 aromatic heterocycles. The quantitative estimate of drug-likeness (QED) is 0.728. The van der Waals surface area contributed by atoms with Gasteiger partial charge >= 0.3 is 11.8 Å². The van der Waals surface area contributed by atoms with Crippen LogP contribution in [0.15, 0.2) is 48.5 Å². The predicted molar refractivity (Wildman–Crippen MR) is 99.1 cm³/mol. The molecule has 2 amide bonds. The molecule has 1 atom stereocenters. The highest BCUT2D eigenvalue weighted by molar-refractivity contribution is 6.35. The number of ether oxygens (including phenoxy) is 2. The van der Waals surface area contributed by atoms with Gasteiger partial charge in [-0.25, -0.2) is 0 Å². The van der Waals surface area contributed by atoms with Gasteiger partial charge in [-0.05, 0) is 29.3 Å². The number of nitrogens with one attached hydrogen (secondary N) is 2. The van der Waals surface area contributed by atoms with Crippen molar-refractivity contribution >= 4 is 23.4 Å². The third kappa shape index (κ3) is 5.47. The lowest BCUT2D eigenvalue weighted by Gasteiger charge is -2.17. The molecule has 0 fully saturated rings. The van der Waals surface area contributed by atoms with Gasteiger partial charge in [0.15, 0.2) is 0 Å². The Labute approximate surface area is 157 Å². The molecular formula is C19H21ClN2O4. The number of amides is 2. The number of hydrogen-bond acceptors (Lipinski definition) is 4. The van der Waals surface area contributed by atoms with E-state index < -0.39 is 17.9 Å². The zero-order valence-corrected chi connectivity index (χ0v) is 15.4. The summed E-state index contributed by atoms with van der Waals surface area (Å²) in [5.41, 5.74) is 1.57. The lowest BCUT2D eigenvalue weighted by molar-refractivity contribution is -0.139. The Bertz CT molecular complexity index is 767. The molecule has 0 saturated heterocycles. The number of hydrogen-bond donors (Lipinski definition) is 2. The van der Waals surface area contributed by atoms with Crippen LogP contribution in [0.1, 0.15) is 17.2 Å². The van der Waals surface area contributed by atoms with Crippen molar-refractivity contribution in [1.82, 2.24) is 10.6 Å². The number of benzene rings is 2. The smallest absolute Gasteiger partial charge is 0.309 e. The first-order chi connectivity index (χ1) is 12.5. The van der Waals surface area contributed by atoms with Gasteiger partial charge < -0.3 is 20.1 Å². The molecule has 0 aliphatic rings. The van der Waals surface area contributed by atoms with Crippen LogP contribution < -0.4 is 15.4 Å². The van der Waals surface area contributed by atoms with E-state index in [0.717, 1.165) is 11.1 Å². The summed E-state index contributed by atoms with van der Waals surface area (Å²) < 4.78 is 10.6. The Morgan fingerprint density at radius 1 is 1.04 bits per heavy atom. The van der Waals surface area contributed by atoms with Gasteiger partial charge in [-0.2, -0.15) is 0 Å². The van der Waals surface area contributed by atoms with Crippen LogP contribution in [0.25, 0.3) is 0 Å². The second-order valence-corrected chi connectivity index (χ2v) is 5.89. The van der Waals surface area contributed by atoms with Gasteiger partial charge in [0.25, 0.3) is 0 Å². The van der Waals surface area contributed by atoms with E-state index in [0.29, 0.717) is 10.8 Å². The maximum absolute atomic E-state index is 12.0. The van der Waals surface area contributed by atoms with Crippen molar-refractivity contribution in [3.05, 3.63) is 64.7 Å². The molecule has 0 aliphatic carbocycles. The van der Waals surface area contributed by atoms with Crippen LogP contribution in [0.5, 0.6) is 5.75 Å². The van der Waals surface area contributed by atoms with Gasteiger partial charge in [0.2, 0.25) is 0 Å². The van der Waals surface area contributed by atoms with Gasteiger partial charge in [-0.1, -0.05) is 41.9 Å². The van der Waals surface area contributed by atoms with E-state index in [2.05, 4.69) is 10.6 Å². The van der Waals surface area contributed by atoms with Crippen molar-refractivity contribution in [3.8, 4) is 5.75 Å². The summed E-state index contributed by atoms with van der Waals surface area (Å²) >= 11 is 6.02. The molecule has 0 bridgehead atoms. The van der Waals surface area contributed by atoms with Crippen LogP contribution in [0.4, 0.5) is 0 Å². The van der Waals surface area contributed by atoms with Crippen molar-refractivity contribution in [2.24, 2.45) is 0 Å². The van der Waals surface area contributed by atoms with Crippen molar-refractivity contribution < 1.29 is 19.1 Å². The van der Waals surface area contributed by atoms with E-state index in [4.69, 9.17) is 21.1 Å². The van der Waals surface area contributed by atoms with E-state index in [1.807, 2.05) is 30.3 Å². The van der Waals surface area contributed by atoms with Crippen LogP contribution in [-0.2, 0) is 20.9 Å². The summed E-state index contributed by atoms with van der Waals surface area (Å²) in [4.78, 5) is 23.9. The first-order valence-electron chi connectivity index (χ1n) is 8.01. The minimum atomic E-state index is -0.734. The molecule has 7 heteroatoms. The molecule has 0 saturated carbocycles. The standard InChI is InChI=1S/C19H21ClN2O4/c1-25-15-8-5-7-13(10-15)17(26-2)12-22-19(24)18(23)21-11-14-6-3-4-9-16(14)20/h3-10,17H,11-12H2,1-2H3,(H,21,23)(H,22,24). The lowest BCUT2D eigenvalue weighted by Crippen LogP contribution is -2.41. The maximum Gasteiger partial charge on any atom is 0.309 e. The first kappa shape index (κ1) is 19.8. The van der Waals surface area contributed by atoms with Crippen LogP contribution in [-0.4, -0.2) is 32.6 Å². The normalized spacial score (nSPS) is 11.5. The highest BCUT2D eigenvalue weighted by atomic mass is 35.5. The molecule has 138 valence electrons. The summed E-state index contributed by atoms with van der Waals surface area (Å²) in [6.07, 6.45) is -0.398. The Morgan fingerprint density at radius 2 is 1.77 bits per heavy atom. The van der Waals surface area contributed by atoms with Gasteiger partial charge in [-0.3, -0.25) is 9.59 Å². The first-order valence-corrected chi connectivity index (χ1v) is 8.39. The minimum absolute atomic E-state index is 0.155. The Hall–Kier alpha value is -2.57. The molecule has 0 spiro atoms. The predicted octanol–water partition coefficient (Wildman–Crippen LogP) is 2.47. The third-order valence-corrected chi connectivity index (χ3v) is 4.17. The van der Waals surface area contributed by atoms with Gasteiger partial charge in [-0.15, -0.1) is 0 Å². The fourth-order valence-electron chi connectivity index (χ4n) is 2.34. The van der Waals surface area contributed by atoms with Crippen molar-refractivity contribution in [2.75, 3.05) is 20.8 Å². The van der Waals surface area contributed by atoms with E-state index in [-0.39, 0.29) is 13.1 Å². The average molecular weight is 377 g/mol. The van der Waals surface area contributed by atoms with Gasteiger partial charge in [0, 0.05) is 25.2 Å². The molecule has 2 aromatic carbocycles. The highest BCUT2D eigenvalue weighted by Crippen LogP contribution is 2.21. The zero-order chi connectivity index (χ0) is 18.9. The molecular weight excluding hydrogens is 356 g/mol. The number of carbonyl (C=O) groups excluding carboxylic acids is 2. The molecule has 2 N–H and O–H groups in total. The number of rotatable bonds is 7. The third-order valence-electron chi connectivity index (χ3n) is 3.80. The van der Waals surface area contributed by atoms with E-state index in [9.17, 15) is 9.59 Å². The molecule has 1 unspecified atom stereocenters. The van der Waals surface area contributed by atoms with Crippen molar-refractivity contribution in [2.45, 2.75) is 12.6 Å². The minimum Gasteiger partial charge on any atom is -0.497 e. The van der Waals surface area contributed by atoms with Gasteiger partial charge in [0.1, 0.15) is 5.75 Å². The summed E-state index contributed by atoms with van der Waals surface area (Å²) in [5, 5.41) is 5.65. The lowest BCUT2D eigenvalue weighted by atomic mass is 10.1. The largest absolute Gasteiger partial charge is 0.497 e. The van der Waals surface area contributed by atoms with E-state index >= 15 is 0 Å². The summed E-state index contributed by atoms with van der Waals surface area (Å²) in [5.74, 6) is -0.777. The fourth-order valence-corrected chi connectivity index (χ4v) is 2.54. The zero-order valence-electron chi connectivity index (χ0n) is 14.6. The molecule has 6 nitrogen and oxygen atoms in total. The molecule has 2 aromatic rings. The van der Waals surface area contributed by atoms with Crippen LogP contribution >= 0.6 is 11.6 Å². The van der Waals surface area contributed by atoms with Crippen molar-refractivity contribution in [1.29, 1.82) is 0 Å². The molecule has 0 heterocycles. The summed E-state index contributed by atoms with van der Waals surface area (Å²) in [6, 6.07) is 14.4. The Kier molecular flexibility index (Phi) is 7.44. The Balaban J connectivity index is 1.87. The molecule has 26 heavy (non-hydrogen) atoms. The van der Waals surface area contributed by atoms with Crippen LogP contribution in [0.3, 0.4) is 0 Å². The average Bonchev–Trinajstić information content (AvgIpc) is 2.67. The van der Waals surface area contributed by atoms with E-state index in [1.54, 1.807) is 25.3 Å². The van der Waals surface area contributed by atoms with Crippen molar-refractivity contribution in [3.63, 3.8) is 0 Å². The molecule has 0 aliphatic heterocycles. The fraction of sp³-hybridized carbons (Fsp3) is 0.263. The number of methoxy groups -OCH3 is 2. The second-order valence-electron chi connectivity index (χ2n) is 5.49. The monoisotopic (exact) mass is 376 g/mol. The van der Waals surface area contributed by atoms with E-state index in [1.165, 1.54) is 7.11 Å². The summed E-state index contributed by atoms with van der Waals surface area (Å²) in [6.45, 7) is 0.331. The second kappa shape index (κ2) is 9.79.